The molecule has 68 valence electrons. The number of nitrogens with zero attached hydrogens (tertiary/aromatic N) is 2. The lowest BCUT2D eigenvalue weighted by Gasteiger charge is -1.92. The van der Waals surface area contributed by atoms with Gasteiger partial charge in [-0.05, 0) is 6.92 Å². The number of hydrogen-bond acceptors (Lipinski definition) is 3. The van der Waals surface area contributed by atoms with Gasteiger partial charge in [0, 0.05) is 5.69 Å². The Hall–Kier alpha value is -1.07. The summed E-state index contributed by atoms with van der Waals surface area (Å²) in [5.74, 6) is -0.941. The highest BCUT2D eigenvalue weighted by Gasteiger charge is 2.16. The van der Waals surface area contributed by atoms with Crippen LogP contribution in [0.2, 0.25) is 5.15 Å². The van der Waals surface area contributed by atoms with Crippen molar-refractivity contribution in [3.8, 4) is 0 Å². The van der Waals surface area contributed by atoms with Crippen LogP contribution in [0.25, 0.3) is 4.96 Å². The van der Waals surface area contributed by atoms with Crippen molar-refractivity contribution in [2.24, 2.45) is 0 Å². The van der Waals surface area contributed by atoms with E-state index in [2.05, 4.69) is 4.98 Å². The third-order valence-corrected chi connectivity index (χ3v) is 3.15. The van der Waals surface area contributed by atoms with Crippen LogP contribution < -0.4 is 0 Å². The zero-order chi connectivity index (χ0) is 9.59. The highest BCUT2D eigenvalue weighted by Crippen LogP contribution is 2.25. The van der Waals surface area contributed by atoms with Gasteiger partial charge in [-0.1, -0.05) is 22.9 Å². The SMILES string of the molecule is Cc1c(C(=O)O)sc2ncc(Cl)n12. The lowest BCUT2D eigenvalue weighted by atomic mass is 10.4. The van der Waals surface area contributed by atoms with Crippen LogP contribution in [0.4, 0.5) is 0 Å². The summed E-state index contributed by atoms with van der Waals surface area (Å²) in [5.41, 5.74) is 0.620. The van der Waals surface area contributed by atoms with Crippen molar-refractivity contribution < 1.29 is 9.90 Å². The number of carboxylic acids is 1. The Morgan fingerprint density at radius 3 is 3.00 bits per heavy atom. The average molecular weight is 217 g/mol. The van der Waals surface area contributed by atoms with E-state index in [1.54, 1.807) is 11.3 Å². The Morgan fingerprint density at radius 2 is 2.46 bits per heavy atom. The number of carboxylic acid groups (broad SMARTS) is 1. The van der Waals surface area contributed by atoms with Crippen LogP contribution in [0.15, 0.2) is 6.20 Å². The molecule has 0 saturated heterocycles. The van der Waals surface area contributed by atoms with Crippen LogP contribution in [-0.2, 0) is 0 Å². The second kappa shape index (κ2) is 2.71. The molecule has 0 atom stereocenters. The summed E-state index contributed by atoms with van der Waals surface area (Å²) < 4.78 is 1.62. The van der Waals surface area contributed by atoms with Gasteiger partial charge in [0.25, 0.3) is 0 Å². The number of fused-ring (bicyclic) bond motifs is 1. The second-order valence-electron chi connectivity index (χ2n) is 2.52. The minimum absolute atomic E-state index is 0.282. The van der Waals surface area contributed by atoms with E-state index < -0.39 is 5.97 Å². The van der Waals surface area contributed by atoms with E-state index in [0.717, 1.165) is 11.3 Å². The van der Waals surface area contributed by atoms with E-state index in [9.17, 15) is 4.79 Å². The molecule has 4 nitrogen and oxygen atoms in total. The number of carbonyl (C=O) groups is 1. The molecule has 0 aliphatic heterocycles. The van der Waals surface area contributed by atoms with Crippen molar-refractivity contribution in [1.82, 2.24) is 9.38 Å². The number of aryl methyl sites for hydroxylation is 1. The zero-order valence-corrected chi connectivity index (χ0v) is 8.19. The van der Waals surface area contributed by atoms with E-state index in [1.165, 1.54) is 6.20 Å². The zero-order valence-electron chi connectivity index (χ0n) is 6.61. The highest BCUT2D eigenvalue weighted by molar-refractivity contribution is 7.19. The molecule has 0 aliphatic carbocycles. The van der Waals surface area contributed by atoms with E-state index in [1.807, 2.05) is 0 Å². The molecule has 0 aliphatic rings. The molecule has 0 aromatic carbocycles. The van der Waals surface area contributed by atoms with Crippen molar-refractivity contribution in [2.75, 3.05) is 0 Å². The molecule has 6 heteroatoms. The molecule has 0 saturated carbocycles. The Kier molecular flexibility index (Phi) is 1.78. The van der Waals surface area contributed by atoms with Gasteiger partial charge in [0.2, 0.25) is 0 Å². The normalized spacial score (nSPS) is 10.9. The highest BCUT2D eigenvalue weighted by atomic mass is 35.5. The first-order chi connectivity index (χ1) is 6.11. The molecule has 13 heavy (non-hydrogen) atoms. The van der Waals surface area contributed by atoms with Crippen molar-refractivity contribution in [1.29, 1.82) is 0 Å². The summed E-state index contributed by atoms with van der Waals surface area (Å²) in [5, 5.41) is 9.24. The molecular weight excluding hydrogens is 212 g/mol. The number of rotatable bonds is 1. The second-order valence-corrected chi connectivity index (χ2v) is 3.89. The van der Waals surface area contributed by atoms with Crippen molar-refractivity contribution in [3.05, 3.63) is 21.9 Å². The average Bonchev–Trinajstić information content (AvgIpc) is 2.55. The van der Waals surface area contributed by atoms with Crippen LogP contribution >= 0.6 is 22.9 Å². The fourth-order valence-corrected chi connectivity index (χ4v) is 2.40. The van der Waals surface area contributed by atoms with E-state index in [0.29, 0.717) is 15.8 Å². The first kappa shape index (κ1) is 8.52. The summed E-state index contributed by atoms with van der Waals surface area (Å²) in [6.07, 6.45) is 1.51. The Balaban J connectivity index is 2.82. The number of hydrogen-bond donors (Lipinski definition) is 1. The van der Waals surface area contributed by atoms with Gasteiger partial charge in [-0.15, -0.1) is 0 Å². The monoisotopic (exact) mass is 216 g/mol. The maximum absolute atomic E-state index is 10.7. The smallest absolute Gasteiger partial charge is 0.347 e. The predicted molar refractivity (Wildman–Crippen MR) is 49.8 cm³/mol. The topological polar surface area (TPSA) is 54.6 Å². The minimum Gasteiger partial charge on any atom is -0.477 e. The van der Waals surface area contributed by atoms with Gasteiger partial charge in [-0.25, -0.2) is 9.78 Å². The van der Waals surface area contributed by atoms with Crippen molar-refractivity contribution in [2.45, 2.75) is 6.92 Å². The number of aromatic nitrogens is 2. The lowest BCUT2D eigenvalue weighted by molar-refractivity contribution is 0.0701. The Labute approximate surface area is 82.4 Å². The van der Waals surface area contributed by atoms with Gasteiger partial charge in [0.15, 0.2) is 4.96 Å². The van der Waals surface area contributed by atoms with E-state index >= 15 is 0 Å². The largest absolute Gasteiger partial charge is 0.477 e. The maximum atomic E-state index is 10.7. The van der Waals surface area contributed by atoms with Gasteiger partial charge in [0.1, 0.15) is 10.0 Å². The van der Waals surface area contributed by atoms with Gasteiger partial charge in [-0.3, -0.25) is 4.40 Å². The molecule has 2 aromatic rings. The van der Waals surface area contributed by atoms with Gasteiger partial charge >= 0.3 is 5.97 Å². The molecule has 0 bridgehead atoms. The molecule has 0 amide bonds. The molecule has 2 heterocycles. The van der Waals surface area contributed by atoms with Crippen molar-refractivity contribution >= 4 is 33.9 Å². The molecular formula is C7H5ClN2O2S. The molecule has 0 radical (unpaired) electrons. The standard InChI is InChI=1S/C7H5ClN2O2S/c1-3-5(6(11)12)13-7-9-2-4(8)10(3)7/h2H,1H3,(H,11,12). The molecule has 0 unspecified atom stereocenters. The summed E-state index contributed by atoms with van der Waals surface area (Å²) >= 11 is 6.93. The van der Waals surface area contributed by atoms with Crippen LogP contribution in [0.3, 0.4) is 0 Å². The summed E-state index contributed by atoms with van der Waals surface area (Å²) in [6, 6.07) is 0. The summed E-state index contributed by atoms with van der Waals surface area (Å²) in [6.45, 7) is 1.71. The number of thiazole rings is 1. The number of aromatic carboxylic acids is 1. The molecule has 0 fully saturated rings. The summed E-state index contributed by atoms with van der Waals surface area (Å²) in [4.78, 5) is 15.6. The molecule has 1 N–H and O–H groups in total. The third-order valence-electron chi connectivity index (χ3n) is 1.74. The predicted octanol–water partition coefficient (Wildman–Crippen LogP) is 2.06. The first-order valence-corrected chi connectivity index (χ1v) is 4.66. The summed E-state index contributed by atoms with van der Waals surface area (Å²) in [7, 11) is 0. The fourth-order valence-electron chi connectivity index (χ4n) is 1.16. The number of imidazole rings is 1. The number of halogens is 1. The van der Waals surface area contributed by atoms with Gasteiger partial charge in [-0.2, -0.15) is 0 Å². The Morgan fingerprint density at radius 1 is 1.77 bits per heavy atom. The fraction of sp³-hybridized carbons (Fsp3) is 0.143. The molecule has 2 rings (SSSR count). The molecule has 2 aromatic heterocycles. The van der Waals surface area contributed by atoms with E-state index in [4.69, 9.17) is 16.7 Å². The minimum atomic E-state index is -0.941. The molecule has 0 spiro atoms. The van der Waals surface area contributed by atoms with Crippen LogP contribution in [0.1, 0.15) is 15.4 Å². The van der Waals surface area contributed by atoms with E-state index in [-0.39, 0.29) is 4.88 Å². The van der Waals surface area contributed by atoms with Crippen LogP contribution in [0.5, 0.6) is 0 Å². The quantitative estimate of drug-likeness (QED) is 0.794. The Bertz CT molecular complexity index is 488. The lowest BCUT2D eigenvalue weighted by Crippen LogP contribution is -1.96. The third kappa shape index (κ3) is 1.12. The van der Waals surface area contributed by atoms with Gasteiger partial charge in [0.05, 0.1) is 6.20 Å². The van der Waals surface area contributed by atoms with Crippen LogP contribution in [-0.4, -0.2) is 20.5 Å². The van der Waals surface area contributed by atoms with Crippen LogP contribution in [0, 0.1) is 6.92 Å². The maximum Gasteiger partial charge on any atom is 0.347 e. The first-order valence-electron chi connectivity index (χ1n) is 3.47. The van der Waals surface area contributed by atoms with Gasteiger partial charge < -0.3 is 5.11 Å². The van der Waals surface area contributed by atoms with Crippen molar-refractivity contribution in [3.63, 3.8) is 0 Å².